The normalized spacial score (nSPS) is 14.1. The van der Waals surface area contributed by atoms with E-state index in [4.69, 9.17) is 13.8 Å². The summed E-state index contributed by atoms with van der Waals surface area (Å²) in [7, 11) is 1.16. The Labute approximate surface area is 507 Å². The zero-order valence-corrected chi connectivity index (χ0v) is 55.3. The summed E-state index contributed by atoms with van der Waals surface area (Å²) in [6.07, 6.45) is 81.3. The van der Waals surface area contributed by atoms with Gasteiger partial charge < -0.3 is 28.5 Å². The van der Waals surface area contributed by atoms with E-state index in [1.54, 1.807) is 0 Å². The molecule has 10 heteroatoms. The minimum atomic E-state index is -4.71. The van der Waals surface area contributed by atoms with Gasteiger partial charge in [-0.05, 0) is 102 Å². The third kappa shape index (κ3) is 61.7. The van der Waals surface area contributed by atoms with E-state index in [2.05, 4.69) is 99.0 Å². The van der Waals surface area contributed by atoms with E-state index in [0.717, 1.165) is 89.9 Å². The number of nitrogens with one attached hydrogen (secondary N) is 1. The highest BCUT2D eigenvalue weighted by Gasteiger charge is 2.27. The van der Waals surface area contributed by atoms with Gasteiger partial charge in [0.2, 0.25) is 5.91 Å². The van der Waals surface area contributed by atoms with Crippen molar-refractivity contribution >= 4 is 19.7 Å². The number of allylic oxidation sites excluding steroid dienone is 13. The summed E-state index contributed by atoms with van der Waals surface area (Å²) in [6, 6.07) is -0.907. The zero-order chi connectivity index (χ0) is 60.0. The van der Waals surface area contributed by atoms with Crippen LogP contribution >= 0.6 is 7.82 Å². The van der Waals surface area contributed by atoms with Crippen LogP contribution in [0.3, 0.4) is 0 Å². The van der Waals surface area contributed by atoms with Gasteiger partial charge in [0.1, 0.15) is 19.3 Å². The van der Waals surface area contributed by atoms with Crippen LogP contribution in [0.4, 0.5) is 0 Å². The molecule has 1 N–H and O–H groups in total. The molecule has 0 aliphatic heterocycles. The molecule has 0 aliphatic carbocycles. The fourth-order valence-corrected chi connectivity index (χ4v) is 10.5. The van der Waals surface area contributed by atoms with E-state index in [1.165, 1.54) is 180 Å². The number of carbonyl (C=O) groups is 2. The fourth-order valence-electron chi connectivity index (χ4n) is 9.73. The van der Waals surface area contributed by atoms with Gasteiger partial charge in [-0.3, -0.25) is 14.2 Å². The maximum absolute atomic E-state index is 13.5. The number of hydrogen-bond acceptors (Lipinski definition) is 7. The Morgan fingerprint density at radius 3 is 1.22 bits per heavy atom. The van der Waals surface area contributed by atoms with Crippen molar-refractivity contribution in [2.75, 3.05) is 40.9 Å². The lowest BCUT2D eigenvalue weighted by atomic mass is 10.0. The Bertz CT molecular complexity index is 1680. The van der Waals surface area contributed by atoms with Crippen LogP contribution in [0.15, 0.2) is 85.1 Å². The summed E-state index contributed by atoms with van der Waals surface area (Å²) >= 11 is 0. The maximum atomic E-state index is 13.5. The molecule has 0 saturated carbocycles. The largest absolute Gasteiger partial charge is 0.756 e. The monoisotopic (exact) mass is 1170 g/mol. The van der Waals surface area contributed by atoms with Gasteiger partial charge in [0.15, 0.2) is 0 Å². The predicted octanol–water partition coefficient (Wildman–Crippen LogP) is 21.1. The first-order chi connectivity index (χ1) is 39.9. The zero-order valence-electron chi connectivity index (χ0n) is 54.4. The van der Waals surface area contributed by atoms with Crippen molar-refractivity contribution in [2.45, 2.75) is 322 Å². The van der Waals surface area contributed by atoms with Crippen LogP contribution in [0.5, 0.6) is 0 Å². The van der Waals surface area contributed by atoms with Crippen molar-refractivity contribution in [1.29, 1.82) is 0 Å². The lowest BCUT2D eigenvalue weighted by Crippen LogP contribution is -2.47. The maximum Gasteiger partial charge on any atom is 0.306 e. The summed E-state index contributed by atoms with van der Waals surface area (Å²) in [5, 5.41) is 3.02. The molecule has 3 atom stereocenters. The first kappa shape index (κ1) is 79.2. The second-order valence-corrected chi connectivity index (χ2v) is 25.8. The number of carbonyl (C=O) groups excluding carboxylic acids is 2. The molecule has 0 fully saturated rings. The highest BCUT2D eigenvalue weighted by Crippen LogP contribution is 2.38. The number of rotatable bonds is 62. The average Bonchev–Trinajstić information content (AvgIpc) is 3.45. The molecule has 82 heavy (non-hydrogen) atoms. The Morgan fingerprint density at radius 1 is 0.439 bits per heavy atom. The lowest BCUT2D eigenvalue weighted by Gasteiger charge is -2.30. The van der Waals surface area contributed by atoms with Crippen LogP contribution in [0, 0.1) is 0 Å². The van der Waals surface area contributed by atoms with Gasteiger partial charge in [-0.2, -0.15) is 0 Å². The molecule has 3 unspecified atom stereocenters. The molecule has 0 aliphatic rings. The number of hydrogen-bond donors (Lipinski definition) is 1. The van der Waals surface area contributed by atoms with Crippen LogP contribution < -0.4 is 10.2 Å². The summed E-state index contributed by atoms with van der Waals surface area (Å²) in [6.45, 7) is 6.81. The number of phosphoric ester groups is 1. The topological polar surface area (TPSA) is 114 Å². The molecule has 476 valence electrons. The molecule has 0 rings (SSSR count). The van der Waals surface area contributed by atoms with Crippen LogP contribution in [-0.4, -0.2) is 69.4 Å². The van der Waals surface area contributed by atoms with E-state index in [-0.39, 0.29) is 31.3 Å². The smallest absolute Gasteiger partial charge is 0.306 e. The first-order valence-corrected chi connectivity index (χ1v) is 35.9. The Hall–Kier alpha value is -2.81. The standard InChI is InChI=1S/C72H131N2O7P/c1-7-10-13-16-19-22-25-28-30-32-33-34-35-36-37-38-39-40-41-42-44-47-50-53-56-59-62-65-72(76)81-70(63-60-57-54-51-48-45-27-24-21-18-15-12-9-3)69(68-80-82(77,78)79-67-66-74(4,5)6)73-71(75)64-61-58-55-52-49-46-43-31-29-26-23-20-17-14-11-8-2/h19,22,28,30-31,33-34,36-37,43,46,49,60,63,69-70H,7-18,20-21,23-27,29,32,35,38-42,44-45,47-48,50-59,61-62,64-68H2,1-6H3,(H-,73,75,77,78)/b22-19-,30-28-,34-33-,37-36-,43-31+,49-46+,63-60-. The predicted molar refractivity (Wildman–Crippen MR) is 353 cm³/mol. The molecule has 9 nitrogen and oxygen atoms in total. The first-order valence-electron chi connectivity index (χ1n) is 34.4. The quantitative estimate of drug-likeness (QED) is 0.0161. The van der Waals surface area contributed by atoms with Gasteiger partial charge in [-0.25, -0.2) is 0 Å². The Morgan fingerprint density at radius 2 is 0.780 bits per heavy atom. The number of amides is 1. The van der Waals surface area contributed by atoms with Crippen LogP contribution in [0.1, 0.15) is 310 Å². The van der Waals surface area contributed by atoms with Crippen molar-refractivity contribution in [3.8, 4) is 0 Å². The number of nitrogens with zero attached hydrogens (tertiary/aromatic N) is 1. The summed E-state index contributed by atoms with van der Waals surface area (Å²) in [4.78, 5) is 40.1. The fraction of sp³-hybridized carbons (Fsp3) is 0.778. The second kappa shape index (κ2) is 61.3. The molecule has 0 heterocycles. The van der Waals surface area contributed by atoms with Gasteiger partial charge in [-0.15, -0.1) is 0 Å². The molecule has 0 aromatic heterocycles. The van der Waals surface area contributed by atoms with Gasteiger partial charge >= 0.3 is 5.97 Å². The minimum absolute atomic E-state index is 0.0302. The van der Waals surface area contributed by atoms with E-state index in [1.807, 2.05) is 33.3 Å². The molecular weight excluding hydrogens is 1040 g/mol. The number of ether oxygens (including phenoxy) is 1. The van der Waals surface area contributed by atoms with Crippen molar-refractivity contribution in [2.24, 2.45) is 0 Å². The molecule has 0 radical (unpaired) electrons. The molecule has 1 amide bonds. The lowest BCUT2D eigenvalue weighted by molar-refractivity contribution is -0.870. The van der Waals surface area contributed by atoms with Crippen molar-refractivity contribution in [3.05, 3.63) is 85.1 Å². The highest BCUT2D eigenvalue weighted by molar-refractivity contribution is 7.45. The van der Waals surface area contributed by atoms with E-state index < -0.39 is 26.6 Å². The summed E-state index contributed by atoms with van der Waals surface area (Å²) in [5.74, 6) is -0.571. The van der Waals surface area contributed by atoms with Crippen molar-refractivity contribution in [1.82, 2.24) is 5.32 Å². The number of likely N-dealkylation sites (N-methyl/N-ethyl adjacent to an activating group) is 1. The van der Waals surface area contributed by atoms with Crippen LogP contribution in [-0.2, 0) is 27.9 Å². The average molecular weight is 1170 g/mol. The van der Waals surface area contributed by atoms with E-state index in [0.29, 0.717) is 17.4 Å². The molecule has 0 aromatic rings. The minimum Gasteiger partial charge on any atom is -0.756 e. The van der Waals surface area contributed by atoms with Gasteiger partial charge in [0, 0.05) is 12.8 Å². The SMILES string of the molecule is CCCCC/C=C\C/C=C\C/C=C\C/C=C\CCCCCCCCCCCCCC(=O)OC(/C=C\CCCCCCCCCCCCC)C(COP(=O)([O-])OCC[N+](C)(C)C)NC(=O)CCCCC/C=C/C=C/CCCCCCCCC. The third-order valence-corrected chi connectivity index (χ3v) is 16.0. The Balaban J connectivity index is 5.13. The number of phosphoric acid groups is 1. The van der Waals surface area contributed by atoms with Gasteiger partial charge in [0.25, 0.3) is 7.82 Å². The molecular formula is C72H131N2O7P. The Kier molecular flexibility index (Phi) is 59.2. The summed E-state index contributed by atoms with van der Waals surface area (Å²) in [5.41, 5.74) is 0. The molecule has 0 bridgehead atoms. The van der Waals surface area contributed by atoms with Gasteiger partial charge in [0.05, 0.1) is 33.8 Å². The second-order valence-electron chi connectivity index (χ2n) is 24.4. The van der Waals surface area contributed by atoms with Crippen LogP contribution in [0.2, 0.25) is 0 Å². The van der Waals surface area contributed by atoms with Crippen molar-refractivity contribution < 1.29 is 37.3 Å². The number of esters is 1. The molecule has 0 saturated heterocycles. The number of quaternary nitrogens is 1. The third-order valence-electron chi connectivity index (χ3n) is 15.1. The van der Waals surface area contributed by atoms with E-state index in [9.17, 15) is 19.0 Å². The van der Waals surface area contributed by atoms with Gasteiger partial charge in [-0.1, -0.05) is 280 Å². The van der Waals surface area contributed by atoms with Crippen molar-refractivity contribution in [3.63, 3.8) is 0 Å². The molecule has 0 spiro atoms. The van der Waals surface area contributed by atoms with Crippen LogP contribution in [0.25, 0.3) is 0 Å². The van der Waals surface area contributed by atoms with E-state index >= 15 is 0 Å². The highest BCUT2D eigenvalue weighted by atomic mass is 31.2. The number of unbranched alkanes of at least 4 members (excludes halogenated alkanes) is 35. The molecule has 0 aromatic carbocycles. The summed E-state index contributed by atoms with van der Waals surface area (Å²) < 4.78 is 30.4.